The lowest BCUT2D eigenvalue weighted by molar-refractivity contribution is -0.297. The van der Waals surface area contributed by atoms with E-state index >= 15 is 0 Å². The first-order chi connectivity index (χ1) is 14.3. The second-order valence-corrected chi connectivity index (χ2v) is 8.03. The fraction of sp³-hybridized carbons (Fsp3) is 0.750. The number of hydrogen-bond acceptors (Lipinski definition) is 12. The Balaban J connectivity index is 2.81. The van der Waals surface area contributed by atoms with Gasteiger partial charge in [-0.15, -0.1) is 0 Å². The summed E-state index contributed by atoms with van der Waals surface area (Å²) in [6.07, 6.45) is -8.61. The second-order valence-electron chi connectivity index (χ2n) is 6.46. The van der Waals surface area contributed by atoms with Crippen LogP contribution in [0.2, 0.25) is 0 Å². The maximum absolute atomic E-state index is 11.8. The predicted molar refractivity (Wildman–Crippen MR) is 97.9 cm³/mol. The molecule has 0 radical (unpaired) electrons. The summed E-state index contributed by atoms with van der Waals surface area (Å²) in [5.41, 5.74) is 0. The van der Waals surface area contributed by atoms with Crippen LogP contribution in [0.15, 0.2) is 0 Å². The second kappa shape index (κ2) is 11.8. The quantitative estimate of drug-likeness (QED) is 0.152. The van der Waals surface area contributed by atoms with Crippen LogP contribution in [-0.2, 0) is 48.2 Å². The van der Waals surface area contributed by atoms with E-state index in [1.807, 2.05) is 0 Å². The van der Waals surface area contributed by atoms with Crippen LogP contribution in [0.25, 0.3) is 0 Å². The van der Waals surface area contributed by atoms with Crippen LogP contribution in [-0.4, -0.2) is 91.7 Å². The summed E-state index contributed by atoms with van der Waals surface area (Å²) in [4.78, 5) is 45.8. The summed E-state index contributed by atoms with van der Waals surface area (Å²) in [6.45, 7) is 2.42. The number of aliphatic hydroxyl groups is 1. The molecule has 5 atom stereocenters. The molecular formula is C16H25NO13S. The molecular weight excluding hydrogens is 446 g/mol. The topological polar surface area (TPSA) is 201 Å². The third-order valence-electron chi connectivity index (χ3n) is 3.73. The number of nitrogens with one attached hydrogen (secondary N) is 1. The Bertz CT molecular complexity index is 767. The predicted octanol–water partition coefficient (Wildman–Crippen LogP) is -1.50. The summed E-state index contributed by atoms with van der Waals surface area (Å²) < 4.78 is 55.0. The van der Waals surface area contributed by atoms with Gasteiger partial charge in [0.05, 0.1) is 5.75 Å². The van der Waals surface area contributed by atoms with Gasteiger partial charge >= 0.3 is 24.0 Å². The minimum atomic E-state index is -4.17. The number of alkyl carbamates (subject to hydrolysis) is 1. The van der Waals surface area contributed by atoms with Gasteiger partial charge in [-0.3, -0.25) is 18.9 Å². The van der Waals surface area contributed by atoms with Crippen molar-refractivity contribution < 1.29 is 60.9 Å². The summed E-state index contributed by atoms with van der Waals surface area (Å²) >= 11 is 0. The number of hydrogen-bond donors (Lipinski definition) is 3. The number of carbonyl (C=O) groups excluding carboxylic acids is 4. The lowest BCUT2D eigenvalue weighted by Crippen LogP contribution is -2.62. The Labute approximate surface area is 177 Å². The Kier molecular flexibility index (Phi) is 10.1. The largest absolute Gasteiger partial charge is 0.457 e. The molecule has 0 saturated carbocycles. The van der Waals surface area contributed by atoms with Crippen LogP contribution in [0.3, 0.4) is 0 Å². The van der Waals surface area contributed by atoms with Crippen molar-refractivity contribution in [2.75, 3.05) is 18.9 Å². The molecule has 3 N–H and O–H groups in total. The minimum Gasteiger partial charge on any atom is -0.457 e. The fourth-order valence-electron chi connectivity index (χ4n) is 2.60. The zero-order chi connectivity index (χ0) is 23.8. The Hall–Kier alpha value is -2.49. The van der Waals surface area contributed by atoms with Crippen molar-refractivity contribution in [1.29, 1.82) is 0 Å². The summed E-state index contributed by atoms with van der Waals surface area (Å²) in [5.74, 6) is -3.04. The van der Waals surface area contributed by atoms with Crippen LogP contribution >= 0.6 is 0 Å². The van der Waals surface area contributed by atoms with Crippen LogP contribution in [0.5, 0.6) is 0 Å². The molecule has 178 valence electrons. The summed E-state index contributed by atoms with van der Waals surface area (Å²) in [6, 6.07) is 0. The van der Waals surface area contributed by atoms with E-state index in [2.05, 4.69) is 5.32 Å². The molecule has 1 amide bonds. The van der Waals surface area contributed by atoms with Crippen LogP contribution < -0.4 is 5.32 Å². The first-order valence-electron chi connectivity index (χ1n) is 9.01. The van der Waals surface area contributed by atoms with Gasteiger partial charge in [0, 0.05) is 27.3 Å². The van der Waals surface area contributed by atoms with Crippen molar-refractivity contribution in [2.24, 2.45) is 0 Å². The Morgan fingerprint density at radius 1 is 0.968 bits per heavy atom. The highest BCUT2D eigenvalue weighted by Crippen LogP contribution is 2.27. The molecule has 1 rings (SSSR count). The first kappa shape index (κ1) is 26.5. The number of ether oxygens (including phenoxy) is 5. The first-order valence-corrected chi connectivity index (χ1v) is 10.6. The minimum absolute atomic E-state index is 0.0821. The van der Waals surface area contributed by atoms with Crippen molar-refractivity contribution in [1.82, 2.24) is 5.32 Å². The third-order valence-corrected chi connectivity index (χ3v) is 4.53. The van der Waals surface area contributed by atoms with Crippen molar-refractivity contribution >= 4 is 34.1 Å². The SMILES string of the molecule is CC(=O)O[C@@H]1O[C@H](COC(=O)NCCCS(=O)(=O)O)[C@@H](OC(C)=O)[C@H](O)[C@H]1OC(C)=O. The average Bonchev–Trinajstić information content (AvgIpc) is 2.61. The molecule has 0 bridgehead atoms. The molecule has 15 heteroatoms. The van der Waals surface area contributed by atoms with E-state index < -0.39 is 77.2 Å². The highest BCUT2D eigenvalue weighted by molar-refractivity contribution is 7.85. The highest BCUT2D eigenvalue weighted by atomic mass is 32.2. The van der Waals surface area contributed by atoms with Gasteiger partial charge in [0.15, 0.2) is 12.2 Å². The number of aliphatic hydroxyl groups excluding tert-OH is 1. The normalized spacial score (nSPS) is 25.8. The molecule has 0 spiro atoms. The van der Waals surface area contributed by atoms with E-state index in [9.17, 15) is 32.7 Å². The zero-order valence-electron chi connectivity index (χ0n) is 17.0. The standard InChI is InChI=1S/C16H25NO13S/c1-8(18)27-13-11(7-26-16(22)17-5-4-6-31(23,24)25)30-15(29-10(3)20)14(12(13)21)28-9(2)19/h11-15,21H,4-7H2,1-3H3,(H,17,22)(H,23,24,25)/t11-,12+,13-,14-,15-/m1/s1. The van der Waals surface area contributed by atoms with Gasteiger partial charge in [-0.1, -0.05) is 0 Å². The molecule has 0 aliphatic carbocycles. The van der Waals surface area contributed by atoms with E-state index in [-0.39, 0.29) is 13.0 Å². The Morgan fingerprint density at radius 2 is 1.52 bits per heavy atom. The van der Waals surface area contributed by atoms with Crippen molar-refractivity contribution in [3.05, 3.63) is 0 Å². The molecule has 1 aliphatic heterocycles. The molecule has 14 nitrogen and oxygen atoms in total. The average molecular weight is 471 g/mol. The number of amides is 1. The molecule has 1 saturated heterocycles. The van der Waals surface area contributed by atoms with Gasteiger partial charge in [0.1, 0.15) is 18.8 Å². The van der Waals surface area contributed by atoms with E-state index in [0.29, 0.717) is 0 Å². The van der Waals surface area contributed by atoms with Gasteiger partial charge in [-0.2, -0.15) is 8.42 Å². The smallest absolute Gasteiger partial charge is 0.407 e. The van der Waals surface area contributed by atoms with Gasteiger partial charge in [-0.25, -0.2) is 4.79 Å². The fourth-order valence-corrected chi connectivity index (χ4v) is 3.10. The van der Waals surface area contributed by atoms with E-state index in [4.69, 9.17) is 28.2 Å². The maximum atomic E-state index is 11.8. The van der Waals surface area contributed by atoms with Crippen molar-refractivity contribution in [3.63, 3.8) is 0 Å². The molecule has 0 unspecified atom stereocenters. The van der Waals surface area contributed by atoms with Gasteiger partial charge in [-0.05, 0) is 6.42 Å². The summed E-state index contributed by atoms with van der Waals surface area (Å²) in [7, 11) is -4.17. The molecule has 1 fully saturated rings. The molecule has 31 heavy (non-hydrogen) atoms. The van der Waals surface area contributed by atoms with Crippen molar-refractivity contribution in [2.45, 2.75) is 57.9 Å². The van der Waals surface area contributed by atoms with Crippen molar-refractivity contribution in [3.8, 4) is 0 Å². The number of esters is 3. The Morgan fingerprint density at radius 3 is 2.03 bits per heavy atom. The monoisotopic (exact) mass is 471 g/mol. The highest BCUT2D eigenvalue weighted by Gasteiger charge is 2.51. The van der Waals surface area contributed by atoms with E-state index in [1.54, 1.807) is 0 Å². The van der Waals surface area contributed by atoms with Gasteiger partial charge in [0.25, 0.3) is 10.1 Å². The molecule has 1 aliphatic rings. The lowest BCUT2D eigenvalue weighted by atomic mass is 9.98. The molecule has 0 aromatic carbocycles. The van der Waals surface area contributed by atoms with Crippen LogP contribution in [0.1, 0.15) is 27.2 Å². The van der Waals surface area contributed by atoms with E-state index in [1.165, 1.54) is 0 Å². The third kappa shape index (κ3) is 9.91. The maximum Gasteiger partial charge on any atom is 0.407 e. The lowest BCUT2D eigenvalue weighted by Gasteiger charge is -2.42. The molecule has 1 heterocycles. The van der Waals surface area contributed by atoms with Gasteiger partial charge < -0.3 is 34.1 Å². The van der Waals surface area contributed by atoms with Gasteiger partial charge in [0.2, 0.25) is 6.29 Å². The van der Waals surface area contributed by atoms with E-state index in [0.717, 1.165) is 20.8 Å². The summed E-state index contributed by atoms with van der Waals surface area (Å²) in [5, 5.41) is 12.8. The molecule has 0 aromatic heterocycles. The van der Waals surface area contributed by atoms with Crippen LogP contribution in [0.4, 0.5) is 4.79 Å². The molecule has 0 aromatic rings. The number of carbonyl (C=O) groups is 4. The zero-order valence-corrected chi connectivity index (χ0v) is 17.8. The number of rotatable bonds is 9. The van der Waals surface area contributed by atoms with Crippen LogP contribution in [0, 0.1) is 0 Å².